The van der Waals surface area contributed by atoms with Crippen molar-refractivity contribution in [3.63, 3.8) is 0 Å². The van der Waals surface area contributed by atoms with Crippen molar-refractivity contribution in [2.24, 2.45) is 5.73 Å². The Morgan fingerprint density at radius 1 is 0.909 bits per heavy atom. The largest absolute Gasteiger partial charge is 0.497 e. The molecule has 0 atom stereocenters. The molecule has 3 aromatic rings. The fraction of sp³-hybridized carbons (Fsp3) is 0.600. The number of likely N-dealkylation sites (tertiary alicyclic amines) is 1. The summed E-state index contributed by atoms with van der Waals surface area (Å²) in [5, 5.41) is 10.3. The van der Waals surface area contributed by atoms with Gasteiger partial charge in [-0.3, -0.25) is 0 Å². The van der Waals surface area contributed by atoms with E-state index < -0.39 is 0 Å². The van der Waals surface area contributed by atoms with Gasteiger partial charge in [-0.2, -0.15) is 9.97 Å². The SMILES string of the molecule is COc1ccc(NC(=O)N2CCC(Nc3nc(NC4CCC(N)CC4)nc4c3ncn4C3CCCC3)CC2)c(OC)c1.Cl.Cl. The van der Waals surface area contributed by atoms with Gasteiger partial charge in [0.1, 0.15) is 11.5 Å². The van der Waals surface area contributed by atoms with Crippen molar-refractivity contribution < 1.29 is 14.3 Å². The first-order chi connectivity index (χ1) is 20.5. The van der Waals surface area contributed by atoms with Gasteiger partial charge >= 0.3 is 6.03 Å². The zero-order chi connectivity index (χ0) is 29.1. The molecule has 1 aliphatic heterocycles. The lowest BCUT2D eigenvalue weighted by Crippen LogP contribution is -2.44. The molecule has 3 fully saturated rings. The van der Waals surface area contributed by atoms with Crippen LogP contribution in [0, 0.1) is 0 Å². The van der Waals surface area contributed by atoms with Crippen LogP contribution in [-0.2, 0) is 0 Å². The maximum absolute atomic E-state index is 13.1. The highest BCUT2D eigenvalue weighted by Gasteiger charge is 2.27. The Labute approximate surface area is 271 Å². The first-order valence-electron chi connectivity index (χ1n) is 15.3. The summed E-state index contributed by atoms with van der Waals surface area (Å²) in [5.74, 6) is 2.64. The van der Waals surface area contributed by atoms with Gasteiger partial charge in [0.15, 0.2) is 17.0 Å². The lowest BCUT2D eigenvalue weighted by atomic mass is 9.92. The maximum Gasteiger partial charge on any atom is 0.321 e. The molecule has 2 amide bonds. The van der Waals surface area contributed by atoms with Crippen LogP contribution < -0.4 is 31.2 Å². The summed E-state index contributed by atoms with van der Waals surface area (Å²) in [6.07, 6.45) is 12.4. The van der Waals surface area contributed by atoms with Crippen LogP contribution >= 0.6 is 24.8 Å². The minimum absolute atomic E-state index is 0. The molecule has 1 aromatic carbocycles. The fourth-order valence-electron chi connectivity index (χ4n) is 6.49. The average Bonchev–Trinajstić information content (AvgIpc) is 3.69. The molecule has 3 aliphatic rings. The number of hydrogen-bond acceptors (Lipinski definition) is 9. The van der Waals surface area contributed by atoms with Gasteiger partial charge in [0.2, 0.25) is 5.95 Å². The molecular weight excluding hydrogens is 605 g/mol. The van der Waals surface area contributed by atoms with Crippen LogP contribution in [0.3, 0.4) is 0 Å². The Hall–Kier alpha value is -3.22. The number of imidazole rings is 1. The second-order valence-electron chi connectivity index (χ2n) is 11.8. The molecule has 14 heteroatoms. The summed E-state index contributed by atoms with van der Waals surface area (Å²) in [4.78, 5) is 29.6. The number of aromatic nitrogens is 4. The number of hydrogen-bond donors (Lipinski definition) is 4. The quantitative estimate of drug-likeness (QED) is 0.245. The number of nitrogens with one attached hydrogen (secondary N) is 3. The first kappa shape index (κ1) is 33.7. The number of nitrogens with two attached hydrogens (primary N) is 1. The zero-order valence-corrected chi connectivity index (χ0v) is 27.1. The molecule has 2 saturated carbocycles. The maximum atomic E-state index is 13.1. The molecule has 6 rings (SSSR count). The number of methoxy groups -OCH3 is 2. The van der Waals surface area contributed by atoms with Gasteiger partial charge < -0.3 is 40.6 Å². The van der Waals surface area contributed by atoms with Crippen LogP contribution in [0.1, 0.15) is 70.3 Å². The number of amides is 2. The minimum atomic E-state index is -0.143. The normalized spacial score (nSPS) is 20.8. The Morgan fingerprint density at radius 2 is 1.61 bits per heavy atom. The summed E-state index contributed by atoms with van der Waals surface area (Å²) in [7, 11) is 3.18. The standard InChI is InChI=1S/C30H43N9O3.2ClH/c1-41-23-11-12-24(25(17-23)42-2)35-30(40)38-15-13-21(14-16-38)33-27-26-28(39(18-32-26)22-5-3-4-6-22)37-29(36-27)34-20-9-7-19(31)8-10-20;;/h11-12,17-22H,3-10,13-16,31H2,1-2H3,(H,35,40)(H2,33,34,36,37);2*1H. The Bertz CT molecular complexity index is 1390. The highest BCUT2D eigenvalue weighted by molar-refractivity contribution is 5.91. The van der Waals surface area contributed by atoms with E-state index in [-0.39, 0.29) is 36.9 Å². The van der Waals surface area contributed by atoms with Crippen molar-refractivity contribution >= 4 is 59.5 Å². The van der Waals surface area contributed by atoms with Crippen molar-refractivity contribution in [2.75, 3.05) is 43.3 Å². The van der Waals surface area contributed by atoms with Gasteiger partial charge in [0.25, 0.3) is 0 Å². The third-order valence-electron chi connectivity index (χ3n) is 9.02. The smallest absolute Gasteiger partial charge is 0.321 e. The van der Waals surface area contributed by atoms with Crippen LogP contribution in [0.25, 0.3) is 11.2 Å². The Morgan fingerprint density at radius 3 is 2.30 bits per heavy atom. The second kappa shape index (κ2) is 15.2. The molecule has 3 heterocycles. The molecule has 5 N–H and O–H groups in total. The van der Waals surface area contributed by atoms with Gasteiger partial charge in [0.05, 0.1) is 26.2 Å². The molecule has 2 aromatic heterocycles. The molecule has 0 unspecified atom stereocenters. The number of halogens is 2. The number of rotatable bonds is 8. The molecule has 0 bridgehead atoms. The average molecular weight is 651 g/mol. The minimum Gasteiger partial charge on any atom is -0.497 e. The van der Waals surface area contributed by atoms with Crippen molar-refractivity contribution in [3.05, 3.63) is 24.5 Å². The van der Waals surface area contributed by atoms with E-state index in [9.17, 15) is 4.79 Å². The van der Waals surface area contributed by atoms with Crippen molar-refractivity contribution in [2.45, 2.75) is 88.4 Å². The molecule has 12 nitrogen and oxygen atoms in total. The molecule has 2 aliphatic carbocycles. The van der Waals surface area contributed by atoms with Crippen LogP contribution in [0.2, 0.25) is 0 Å². The van der Waals surface area contributed by atoms with Gasteiger partial charge in [-0.15, -0.1) is 24.8 Å². The van der Waals surface area contributed by atoms with E-state index in [1.807, 2.05) is 11.2 Å². The lowest BCUT2D eigenvalue weighted by Gasteiger charge is -2.33. The Balaban J connectivity index is 0.00000221. The second-order valence-corrected chi connectivity index (χ2v) is 11.8. The van der Waals surface area contributed by atoms with Gasteiger partial charge in [-0.05, 0) is 63.5 Å². The van der Waals surface area contributed by atoms with E-state index >= 15 is 0 Å². The monoisotopic (exact) mass is 649 g/mol. The predicted molar refractivity (Wildman–Crippen MR) is 178 cm³/mol. The zero-order valence-electron chi connectivity index (χ0n) is 25.5. The number of carbonyl (C=O) groups is 1. The van der Waals surface area contributed by atoms with Gasteiger partial charge in [-0.1, -0.05) is 12.8 Å². The molecule has 0 spiro atoms. The van der Waals surface area contributed by atoms with E-state index in [4.69, 9.17) is 30.2 Å². The highest BCUT2D eigenvalue weighted by atomic mass is 35.5. The number of benzene rings is 1. The third-order valence-corrected chi connectivity index (χ3v) is 9.02. The third kappa shape index (κ3) is 7.52. The van der Waals surface area contributed by atoms with E-state index in [0.29, 0.717) is 54.3 Å². The van der Waals surface area contributed by atoms with Gasteiger partial charge in [-0.25, -0.2) is 9.78 Å². The summed E-state index contributed by atoms with van der Waals surface area (Å²) < 4.78 is 12.9. The molecule has 0 radical (unpaired) electrons. The number of carbonyl (C=O) groups excluding carboxylic acids is 1. The highest BCUT2D eigenvalue weighted by Crippen LogP contribution is 2.34. The summed E-state index contributed by atoms with van der Waals surface area (Å²) in [6.45, 7) is 1.25. The van der Waals surface area contributed by atoms with Crippen LogP contribution in [0.15, 0.2) is 24.5 Å². The topological polar surface area (TPSA) is 144 Å². The number of piperidine rings is 1. The van der Waals surface area contributed by atoms with Crippen molar-refractivity contribution in [1.82, 2.24) is 24.4 Å². The lowest BCUT2D eigenvalue weighted by molar-refractivity contribution is 0.197. The summed E-state index contributed by atoms with van der Waals surface area (Å²) in [5.41, 5.74) is 8.45. The van der Waals surface area contributed by atoms with E-state index in [1.165, 1.54) is 12.8 Å². The molecule has 44 heavy (non-hydrogen) atoms. The fourth-order valence-corrected chi connectivity index (χ4v) is 6.49. The van der Waals surface area contributed by atoms with Crippen LogP contribution in [-0.4, -0.2) is 75.9 Å². The molecule has 242 valence electrons. The molecule has 1 saturated heterocycles. The number of ether oxygens (including phenoxy) is 2. The van der Waals surface area contributed by atoms with Crippen LogP contribution in [0.4, 0.5) is 22.2 Å². The molecular formula is C30H45Cl2N9O3. The summed E-state index contributed by atoms with van der Waals surface area (Å²) in [6, 6.07) is 6.43. The van der Waals surface area contributed by atoms with E-state index in [1.54, 1.807) is 32.4 Å². The predicted octanol–water partition coefficient (Wildman–Crippen LogP) is 5.59. The van der Waals surface area contributed by atoms with E-state index in [0.717, 1.165) is 68.3 Å². The van der Waals surface area contributed by atoms with Crippen LogP contribution in [0.5, 0.6) is 11.5 Å². The summed E-state index contributed by atoms with van der Waals surface area (Å²) >= 11 is 0. The number of fused-ring (bicyclic) bond motifs is 1. The number of urea groups is 1. The number of anilines is 3. The van der Waals surface area contributed by atoms with E-state index in [2.05, 4.69) is 20.5 Å². The van der Waals surface area contributed by atoms with Crippen molar-refractivity contribution in [3.8, 4) is 11.5 Å². The first-order valence-corrected chi connectivity index (χ1v) is 15.3. The Kier molecular flexibility index (Phi) is 11.6. The van der Waals surface area contributed by atoms with Crippen molar-refractivity contribution in [1.29, 1.82) is 0 Å². The van der Waals surface area contributed by atoms with Gasteiger partial charge in [0, 0.05) is 43.3 Å². The number of nitrogens with zero attached hydrogens (tertiary/aromatic N) is 5.